The van der Waals surface area contributed by atoms with Crippen LogP contribution in [-0.4, -0.2) is 7.05 Å². The van der Waals surface area contributed by atoms with Gasteiger partial charge >= 0.3 is 0 Å². The van der Waals surface area contributed by atoms with E-state index < -0.39 is 0 Å². The van der Waals surface area contributed by atoms with Crippen LogP contribution in [0.4, 0.5) is 4.39 Å². The maximum absolute atomic E-state index is 13.8. The van der Waals surface area contributed by atoms with Gasteiger partial charge < -0.3 is 5.32 Å². The molecule has 0 radical (unpaired) electrons. The normalized spacial score (nSPS) is 12.5. The van der Waals surface area contributed by atoms with Crippen LogP contribution < -0.4 is 5.32 Å². The Hall–Kier alpha value is -1.19. The molecule has 1 nitrogen and oxygen atoms in total. The Morgan fingerprint density at radius 2 is 1.55 bits per heavy atom. The van der Waals surface area contributed by atoms with Gasteiger partial charge in [0.2, 0.25) is 0 Å². The molecule has 0 saturated heterocycles. The van der Waals surface area contributed by atoms with Gasteiger partial charge in [-0.3, -0.25) is 0 Å². The van der Waals surface area contributed by atoms with E-state index in [4.69, 9.17) is 0 Å². The van der Waals surface area contributed by atoms with Crippen molar-refractivity contribution in [3.63, 3.8) is 0 Å². The van der Waals surface area contributed by atoms with Gasteiger partial charge in [0, 0.05) is 4.47 Å². The highest BCUT2D eigenvalue weighted by Gasteiger charge is 2.15. The van der Waals surface area contributed by atoms with E-state index in [1.807, 2.05) is 19.2 Å². The summed E-state index contributed by atoms with van der Waals surface area (Å²) in [7, 11) is 1.90. The molecule has 3 heteroatoms. The Morgan fingerprint density at radius 3 is 2.05 bits per heavy atom. The smallest absolute Gasteiger partial charge is 0.126 e. The zero-order valence-corrected chi connectivity index (χ0v) is 13.8. The van der Waals surface area contributed by atoms with E-state index in [1.54, 1.807) is 13.0 Å². The van der Waals surface area contributed by atoms with E-state index in [2.05, 4.69) is 47.2 Å². The second-order valence-electron chi connectivity index (χ2n) is 5.20. The van der Waals surface area contributed by atoms with Gasteiger partial charge in [0.05, 0.1) is 6.04 Å². The van der Waals surface area contributed by atoms with Crippen molar-refractivity contribution in [2.24, 2.45) is 0 Å². The average Bonchev–Trinajstić information content (AvgIpc) is 2.41. The lowest BCUT2D eigenvalue weighted by Crippen LogP contribution is -2.18. The first-order chi connectivity index (χ1) is 9.43. The predicted molar refractivity (Wildman–Crippen MR) is 85.7 cm³/mol. The Kier molecular flexibility index (Phi) is 4.61. The van der Waals surface area contributed by atoms with Gasteiger partial charge in [-0.2, -0.15) is 0 Å². The molecule has 2 rings (SSSR count). The van der Waals surface area contributed by atoms with Gasteiger partial charge in [-0.1, -0.05) is 40.2 Å². The summed E-state index contributed by atoms with van der Waals surface area (Å²) in [4.78, 5) is 0. The second-order valence-corrected chi connectivity index (χ2v) is 5.99. The van der Waals surface area contributed by atoms with E-state index in [9.17, 15) is 4.39 Å². The van der Waals surface area contributed by atoms with Crippen LogP contribution in [0, 0.1) is 26.6 Å². The lowest BCUT2D eigenvalue weighted by Gasteiger charge is -2.20. The minimum atomic E-state index is -0.159. The molecule has 0 saturated carbocycles. The van der Waals surface area contributed by atoms with Crippen LogP contribution >= 0.6 is 15.9 Å². The third kappa shape index (κ3) is 2.94. The van der Waals surface area contributed by atoms with Crippen molar-refractivity contribution in [3.05, 3.63) is 68.4 Å². The standard InChI is InChI=1S/C17H19BrFN/c1-10-5-6-13(9-15(10)19)17(20-4)14-7-11(2)16(18)12(3)8-14/h5-9,17,20H,1-4H3. The van der Waals surface area contributed by atoms with Crippen molar-refractivity contribution in [1.29, 1.82) is 0 Å². The average molecular weight is 336 g/mol. The highest BCUT2D eigenvalue weighted by molar-refractivity contribution is 9.10. The first kappa shape index (κ1) is 15.2. The third-order valence-electron chi connectivity index (χ3n) is 3.61. The molecule has 1 unspecified atom stereocenters. The van der Waals surface area contributed by atoms with Crippen LogP contribution in [0.5, 0.6) is 0 Å². The first-order valence-corrected chi connectivity index (χ1v) is 7.43. The third-order valence-corrected chi connectivity index (χ3v) is 4.86. The highest BCUT2D eigenvalue weighted by Crippen LogP contribution is 2.29. The van der Waals surface area contributed by atoms with Crippen molar-refractivity contribution in [2.45, 2.75) is 26.8 Å². The maximum Gasteiger partial charge on any atom is 0.126 e. The summed E-state index contributed by atoms with van der Waals surface area (Å²) < 4.78 is 14.9. The number of halogens is 2. The van der Waals surface area contributed by atoms with Crippen LogP contribution in [0.1, 0.15) is 33.9 Å². The fourth-order valence-corrected chi connectivity index (χ4v) is 2.69. The molecule has 106 valence electrons. The van der Waals surface area contributed by atoms with Crippen molar-refractivity contribution in [1.82, 2.24) is 5.32 Å². The zero-order chi connectivity index (χ0) is 14.9. The molecule has 0 bridgehead atoms. The predicted octanol–water partition coefficient (Wildman–Crippen LogP) is 4.82. The number of hydrogen-bond donors (Lipinski definition) is 1. The number of rotatable bonds is 3. The van der Waals surface area contributed by atoms with Crippen molar-refractivity contribution in [2.75, 3.05) is 7.05 Å². The molecule has 0 aromatic heterocycles. The molecule has 20 heavy (non-hydrogen) atoms. The summed E-state index contributed by atoms with van der Waals surface area (Å²) >= 11 is 3.58. The largest absolute Gasteiger partial charge is 0.309 e. The molecule has 1 atom stereocenters. The Bertz CT molecular complexity index is 614. The molecular formula is C17H19BrFN. The summed E-state index contributed by atoms with van der Waals surface area (Å²) in [5.41, 5.74) is 5.14. The van der Waals surface area contributed by atoms with E-state index in [-0.39, 0.29) is 11.9 Å². The Balaban J connectivity index is 2.49. The van der Waals surface area contributed by atoms with Gasteiger partial charge in [0.25, 0.3) is 0 Å². The van der Waals surface area contributed by atoms with Crippen LogP contribution in [-0.2, 0) is 0 Å². The minimum absolute atomic E-state index is 0.00407. The SMILES string of the molecule is CNC(c1cc(C)c(Br)c(C)c1)c1ccc(C)c(F)c1. The van der Waals surface area contributed by atoms with Gasteiger partial charge in [0.15, 0.2) is 0 Å². The lowest BCUT2D eigenvalue weighted by atomic mass is 9.95. The van der Waals surface area contributed by atoms with Crippen LogP contribution in [0.3, 0.4) is 0 Å². The number of hydrogen-bond acceptors (Lipinski definition) is 1. The van der Waals surface area contributed by atoms with E-state index in [1.165, 1.54) is 11.1 Å². The van der Waals surface area contributed by atoms with Crippen molar-refractivity contribution in [3.8, 4) is 0 Å². The summed E-state index contributed by atoms with van der Waals surface area (Å²) in [6, 6.07) is 9.69. The van der Waals surface area contributed by atoms with Gasteiger partial charge in [-0.15, -0.1) is 0 Å². The van der Waals surface area contributed by atoms with E-state index in [0.29, 0.717) is 5.56 Å². The monoisotopic (exact) mass is 335 g/mol. The van der Waals surface area contributed by atoms with Gasteiger partial charge in [-0.25, -0.2) is 4.39 Å². The summed E-state index contributed by atoms with van der Waals surface area (Å²) in [6.45, 7) is 5.92. The van der Waals surface area contributed by atoms with E-state index in [0.717, 1.165) is 15.6 Å². The highest BCUT2D eigenvalue weighted by atomic mass is 79.9. The number of benzene rings is 2. The molecule has 0 heterocycles. The molecule has 0 spiro atoms. The molecule has 0 fully saturated rings. The fourth-order valence-electron chi connectivity index (χ4n) is 2.46. The summed E-state index contributed by atoms with van der Waals surface area (Å²) in [6.07, 6.45) is 0. The molecule has 2 aromatic carbocycles. The van der Waals surface area contributed by atoms with Crippen molar-refractivity contribution < 1.29 is 4.39 Å². The van der Waals surface area contributed by atoms with Crippen LogP contribution in [0.25, 0.3) is 0 Å². The lowest BCUT2D eigenvalue weighted by molar-refractivity contribution is 0.608. The molecule has 0 aliphatic carbocycles. The molecule has 0 aliphatic rings. The fraction of sp³-hybridized carbons (Fsp3) is 0.294. The van der Waals surface area contributed by atoms with Crippen molar-refractivity contribution >= 4 is 15.9 Å². The molecule has 0 amide bonds. The molecule has 0 aliphatic heterocycles. The summed E-state index contributed by atoms with van der Waals surface area (Å²) in [5.74, 6) is -0.159. The topological polar surface area (TPSA) is 12.0 Å². The second kappa shape index (κ2) is 6.06. The van der Waals surface area contributed by atoms with E-state index >= 15 is 0 Å². The Labute approximate surface area is 128 Å². The molecule has 2 aromatic rings. The Morgan fingerprint density at radius 1 is 0.950 bits per heavy atom. The van der Waals surface area contributed by atoms with Gasteiger partial charge in [0.1, 0.15) is 5.82 Å². The molecular weight excluding hydrogens is 317 g/mol. The quantitative estimate of drug-likeness (QED) is 0.847. The minimum Gasteiger partial charge on any atom is -0.309 e. The van der Waals surface area contributed by atoms with Crippen LogP contribution in [0.15, 0.2) is 34.8 Å². The number of nitrogens with one attached hydrogen (secondary N) is 1. The zero-order valence-electron chi connectivity index (χ0n) is 12.2. The first-order valence-electron chi connectivity index (χ1n) is 6.64. The molecule has 1 N–H and O–H groups in total. The summed E-state index contributed by atoms with van der Waals surface area (Å²) in [5, 5.41) is 3.27. The van der Waals surface area contributed by atoms with Gasteiger partial charge in [-0.05, 0) is 61.7 Å². The number of aryl methyl sites for hydroxylation is 3. The van der Waals surface area contributed by atoms with Crippen LogP contribution in [0.2, 0.25) is 0 Å². The maximum atomic E-state index is 13.8.